The molecule has 0 radical (unpaired) electrons. The molecule has 7 heteroatoms. The summed E-state index contributed by atoms with van der Waals surface area (Å²) in [5, 5.41) is 4.06. The molecule has 0 aromatic heterocycles. The Labute approximate surface area is 195 Å². The van der Waals surface area contributed by atoms with Crippen molar-refractivity contribution in [1.82, 2.24) is 5.43 Å². The van der Waals surface area contributed by atoms with E-state index in [0.29, 0.717) is 22.3 Å². The molecule has 1 amide bonds. The molecule has 0 aliphatic rings. The van der Waals surface area contributed by atoms with E-state index in [9.17, 15) is 4.79 Å². The van der Waals surface area contributed by atoms with Crippen LogP contribution >= 0.6 is 0 Å². The Morgan fingerprint density at radius 3 is 2.06 bits per heavy atom. The standard InChI is InChI=1S/C25H42N2O4Si/c1-17(2)32(18(3)4,19(5)6)31-23-16-21(14-15-22(23)29-11)13-12-20(7)26-27-24(28)30-25(8,9)10/h12-19H,1-11H3,(H,27,28)/b13-12+,26-20?. The van der Waals surface area contributed by atoms with Gasteiger partial charge in [0.1, 0.15) is 11.4 Å². The van der Waals surface area contributed by atoms with Crippen molar-refractivity contribution in [3.63, 3.8) is 0 Å². The van der Waals surface area contributed by atoms with Crippen LogP contribution in [0, 0.1) is 0 Å². The van der Waals surface area contributed by atoms with Gasteiger partial charge in [-0.1, -0.05) is 53.7 Å². The topological polar surface area (TPSA) is 69.2 Å². The van der Waals surface area contributed by atoms with Gasteiger partial charge < -0.3 is 13.9 Å². The van der Waals surface area contributed by atoms with Gasteiger partial charge in [0, 0.05) is 0 Å². The molecule has 180 valence electrons. The summed E-state index contributed by atoms with van der Waals surface area (Å²) in [5.41, 5.74) is 4.83. The normalized spacial score (nSPS) is 13.2. The van der Waals surface area contributed by atoms with Gasteiger partial charge in [0.2, 0.25) is 0 Å². The van der Waals surface area contributed by atoms with Crippen LogP contribution in [0.3, 0.4) is 0 Å². The molecule has 1 aromatic rings. The van der Waals surface area contributed by atoms with Gasteiger partial charge in [0.25, 0.3) is 8.32 Å². The predicted octanol–water partition coefficient (Wildman–Crippen LogP) is 7.16. The Kier molecular flexibility index (Phi) is 10.0. The molecule has 0 heterocycles. The summed E-state index contributed by atoms with van der Waals surface area (Å²) in [5.74, 6) is 1.51. The van der Waals surface area contributed by atoms with Gasteiger partial charge in [-0.2, -0.15) is 5.10 Å². The number of nitrogens with one attached hydrogen (secondary N) is 1. The highest BCUT2D eigenvalue weighted by molar-refractivity contribution is 6.78. The third-order valence-corrected chi connectivity index (χ3v) is 11.4. The van der Waals surface area contributed by atoms with Crippen molar-refractivity contribution in [3.8, 4) is 11.5 Å². The zero-order chi connectivity index (χ0) is 24.7. The van der Waals surface area contributed by atoms with Crippen molar-refractivity contribution in [3.05, 3.63) is 29.8 Å². The van der Waals surface area contributed by atoms with Crippen LogP contribution in [0.2, 0.25) is 16.6 Å². The summed E-state index contributed by atoms with van der Waals surface area (Å²) in [4.78, 5) is 11.8. The van der Waals surface area contributed by atoms with Gasteiger partial charge in [-0.15, -0.1) is 0 Å². The van der Waals surface area contributed by atoms with Crippen molar-refractivity contribution in [2.24, 2.45) is 5.10 Å². The smallest absolute Gasteiger partial charge is 0.428 e. The van der Waals surface area contributed by atoms with E-state index in [2.05, 4.69) is 52.1 Å². The van der Waals surface area contributed by atoms with Crippen LogP contribution in [-0.4, -0.2) is 32.8 Å². The van der Waals surface area contributed by atoms with E-state index in [1.54, 1.807) is 7.11 Å². The fourth-order valence-electron chi connectivity index (χ4n) is 4.11. The molecule has 0 aliphatic heterocycles. The zero-order valence-corrected chi connectivity index (χ0v) is 22.7. The molecule has 1 aromatic carbocycles. The minimum atomic E-state index is -2.12. The SMILES string of the molecule is COc1ccc(/C=C/C(C)=NNC(=O)OC(C)(C)C)cc1O[Si](C(C)C)(C(C)C)C(C)C. The van der Waals surface area contributed by atoms with Crippen LogP contribution in [-0.2, 0) is 4.74 Å². The monoisotopic (exact) mass is 462 g/mol. The largest absolute Gasteiger partial charge is 0.540 e. The summed E-state index contributed by atoms with van der Waals surface area (Å²) in [7, 11) is -0.451. The number of amides is 1. The molecule has 0 saturated heterocycles. The molecule has 1 N–H and O–H groups in total. The molecule has 0 spiro atoms. The maximum absolute atomic E-state index is 11.8. The first-order valence-electron chi connectivity index (χ1n) is 11.3. The zero-order valence-electron chi connectivity index (χ0n) is 21.7. The molecule has 0 atom stereocenters. The maximum Gasteiger partial charge on any atom is 0.428 e. The Morgan fingerprint density at radius 1 is 1.03 bits per heavy atom. The Balaban J connectivity index is 3.13. The van der Waals surface area contributed by atoms with E-state index in [-0.39, 0.29) is 0 Å². The number of hydrazone groups is 1. The second kappa shape index (κ2) is 11.5. The number of methoxy groups -OCH3 is 1. The van der Waals surface area contributed by atoms with Gasteiger partial charge in [-0.25, -0.2) is 10.2 Å². The predicted molar refractivity (Wildman–Crippen MR) is 136 cm³/mol. The Bertz CT molecular complexity index is 802. The number of hydrogen-bond acceptors (Lipinski definition) is 5. The van der Waals surface area contributed by atoms with E-state index in [4.69, 9.17) is 13.9 Å². The molecule has 1 rings (SSSR count). The summed E-state index contributed by atoms with van der Waals surface area (Å²) in [6.45, 7) is 20.8. The first kappa shape index (κ1) is 27.8. The molecule has 0 aliphatic carbocycles. The number of rotatable bonds is 9. The highest BCUT2D eigenvalue weighted by atomic mass is 28.4. The number of benzene rings is 1. The van der Waals surface area contributed by atoms with E-state index in [1.165, 1.54) is 0 Å². The molecule has 0 unspecified atom stereocenters. The lowest BCUT2D eigenvalue weighted by Gasteiger charge is -2.42. The third kappa shape index (κ3) is 7.69. The molecule has 32 heavy (non-hydrogen) atoms. The number of ether oxygens (including phenoxy) is 2. The van der Waals surface area contributed by atoms with E-state index in [1.807, 2.05) is 58.0 Å². The molecule has 0 bridgehead atoms. The number of nitrogens with zero attached hydrogens (tertiary/aromatic N) is 1. The van der Waals surface area contributed by atoms with Crippen LogP contribution < -0.4 is 14.6 Å². The number of carbonyl (C=O) groups excluding carboxylic acids is 1. The van der Waals surface area contributed by atoms with Crippen LogP contribution in [0.4, 0.5) is 4.79 Å². The first-order chi connectivity index (χ1) is 14.7. The van der Waals surface area contributed by atoms with Crippen LogP contribution in [0.25, 0.3) is 6.08 Å². The third-order valence-electron chi connectivity index (χ3n) is 5.42. The minimum absolute atomic E-state index is 0.458. The fraction of sp³-hybridized carbons (Fsp3) is 0.600. The number of allylic oxidation sites excluding steroid dienone is 1. The van der Waals surface area contributed by atoms with Gasteiger partial charge >= 0.3 is 6.09 Å². The van der Waals surface area contributed by atoms with Crippen LogP contribution in [0.5, 0.6) is 11.5 Å². The highest BCUT2D eigenvalue weighted by Crippen LogP contribution is 2.44. The van der Waals surface area contributed by atoms with Crippen LogP contribution in [0.15, 0.2) is 29.4 Å². The lowest BCUT2D eigenvalue weighted by Crippen LogP contribution is -2.50. The quantitative estimate of drug-likeness (QED) is 0.240. The average molecular weight is 463 g/mol. The van der Waals surface area contributed by atoms with Crippen LogP contribution in [0.1, 0.15) is 74.8 Å². The lowest BCUT2D eigenvalue weighted by atomic mass is 10.2. The Hall–Kier alpha value is -2.28. The highest BCUT2D eigenvalue weighted by Gasteiger charge is 2.47. The molecular formula is C25H42N2O4Si. The second-order valence-electron chi connectivity index (χ2n) is 10.0. The maximum atomic E-state index is 11.8. The molecule has 6 nitrogen and oxygen atoms in total. The van der Waals surface area contributed by atoms with Gasteiger partial charge in [-0.3, -0.25) is 0 Å². The van der Waals surface area contributed by atoms with Crippen molar-refractivity contribution in [2.45, 2.75) is 91.5 Å². The number of carbonyl (C=O) groups is 1. The summed E-state index contributed by atoms with van der Waals surface area (Å²) < 4.78 is 17.6. The van der Waals surface area contributed by atoms with Gasteiger partial charge in [-0.05, 0) is 68.1 Å². The van der Waals surface area contributed by atoms with Crippen molar-refractivity contribution < 1.29 is 18.7 Å². The van der Waals surface area contributed by atoms with E-state index >= 15 is 0 Å². The second-order valence-corrected chi connectivity index (χ2v) is 15.4. The summed E-state index contributed by atoms with van der Waals surface area (Å²) in [6, 6.07) is 5.92. The Morgan fingerprint density at radius 2 is 1.59 bits per heavy atom. The van der Waals surface area contributed by atoms with Crippen molar-refractivity contribution >= 4 is 26.2 Å². The summed E-state index contributed by atoms with van der Waals surface area (Å²) in [6.07, 6.45) is 3.19. The summed E-state index contributed by atoms with van der Waals surface area (Å²) >= 11 is 0. The van der Waals surface area contributed by atoms with Crippen molar-refractivity contribution in [2.75, 3.05) is 7.11 Å². The average Bonchev–Trinajstić information content (AvgIpc) is 2.66. The fourth-order valence-corrected chi connectivity index (χ4v) is 9.36. The first-order valence-corrected chi connectivity index (χ1v) is 13.4. The molecule has 0 fully saturated rings. The van der Waals surface area contributed by atoms with E-state index < -0.39 is 20.0 Å². The van der Waals surface area contributed by atoms with E-state index in [0.717, 1.165) is 17.1 Å². The minimum Gasteiger partial charge on any atom is -0.540 e. The molecular weight excluding hydrogens is 420 g/mol. The lowest BCUT2D eigenvalue weighted by molar-refractivity contribution is 0.0529. The van der Waals surface area contributed by atoms with Gasteiger partial charge in [0.15, 0.2) is 5.75 Å². The van der Waals surface area contributed by atoms with Gasteiger partial charge in [0.05, 0.1) is 12.8 Å². The van der Waals surface area contributed by atoms with Crippen molar-refractivity contribution in [1.29, 1.82) is 0 Å². The molecule has 0 saturated carbocycles. The number of hydrogen-bond donors (Lipinski definition) is 1.